The first-order chi connectivity index (χ1) is 8.81. The Hall–Kier alpha value is -1.00. The molecule has 0 aliphatic heterocycles. The second-order valence-corrected chi connectivity index (χ2v) is 5.97. The Bertz CT molecular complexity index is 401. The van der Waals surface area contributed by atoms with Gasteiger partial charge in [-0.2, -0.15) is 0 Å². The van der Waals surface area contributed by atoms with E-state index >= 15 is 0 Å². The summed E-state index contributed by atoms with van der Waals surface area (Å²) in [5, 5.41) is 0. The van der Waals surface area contributed by atoms with E-state index in [4.69, 9.17) is 10.5 Å². The third-order valence-corrected chi connectivity index (χ3v) is 3.19. The zero-order valence-electron chi connectivity index (χ0n) is 13.1. The van der Waals surface area contributed by atoms with Crippen molar-refractivity contribution in [3.05, 3.63) is 22.8 Å². The van der Waals surface area contributed by atoms with Crippen LogP contribution in [0.15, 0.2) is 0 Å². The van der Waals surface area contributed by atoms with E-state index in [0.717, 1.165) is 29.2 Å². The molecule has 0 bridgehead atoms. The summed E-state index contributed by atoms with van der Waals surface area (Å²) >= 11 is 0. The fourth-order valence-corrected chi connectivity index (χ4v) is 2.27. The maximum absolute atomic E-state index is 5.85. The van der Waals surface area contributed by atoms with Gasteiger partial charge in [-0.3, -0.25) is 0 Å². The number of aryl methyl sites for hydroxylation is 2. The Labute approximate surface area is 116 Å². The normalized spacial score (nSPS) is 13.6. The molecule has 2 N–H and O–H groups in total. The number of nitrogens with zero attached hydrogens (tertiary/aromatic N) is 2. The zero-order valence-corrected chi connectivity index (χ0v) is 13.1. The highest BCUT2D eigenvalue weighted by Gasteiger charge is 2.30. The molecule has 1 aromatic heterocycles. The fourth-order valence-electron chi connectivity index (χ4n) is 2.27. The molecule has 0 aliphatic rings. The summed E-state index contributed by atoms with van der Waals surface area (Å²) in [4.78, 5) is 9.29. The van der Waals surface area contributed by atoms with E-state index in [0.29, 0.717) is 13.2 Å². The van der Waals surface area contributed by atoms with Gasteiger partial charge in [0.1, 0.15) is 6.10 Å². The summed E-state index contributed by atoms with van der Waals surface area (Å²) in [5.74, 6) is 0.783. The lowest BCUT2D eigenvalue weighted by molar-refractivity contribution is -0.0193. The second-order valence-electron chi connectivity index (χ2n) is 5.97. The predicted octanol–water partition coefficient (Wildman–Crippen LogP) is 2.72. The van der Waals surface area contributed by atoms with E-state index < -0.39 is 0 Å². The summed E-state index contributed by atoms with van der Waals surface area (Å²) in [6.45, 7) is 13.8. The van der Waals surface area contributed by atoms with Gasteiger partial charge in [-0.25, -0.2) is 9.97 Å². The summed E-state index contributed by atoms with van der Waals surface area (Å²) < 4.78 is 5.85. The van der Waals surface area contributed by atoms with Gasteiger partial charge >= 0.3 is 0 Å². The van der Waals surface area contributed by atoms with Crippen LogP contribution in [0.1, 0.15) is 56.6 Å². The Morgan fingerprint density at radius 3 is 2.05 bits per heavy atom. The number of nitrogens with two attached hydrogens (primary N) is 1. The highest BCUT2D eigenvalue weighted by Crippen LogP contribution is 2.34. The SMILES string of the molecule is CCOC(c1nc(C)c(CCN)c(C)n1)C(C)(C)C. The van der Waals surface area contributed by atoms with Gasteiger partial charge < -0.3 is 10.5 Å². The molecule has 19 heavy (non-hydrogen) atoms. The highest BCUT2D eigenvalue weighted by molar-refractivity contribution is 5.25. The van der Waals surface area contributed by atoms with Crippen LogP contribution in [-0.4, -0.2) is 23.1 Å². The molecule has 1 rings (SSSR count). The lowest BCUT2D eigenvalue weighted by atomic mass is 9.88. The first-order valence-corrected chi connectivity index (χ1v) is 6.97. The van der Waals surface area contributed by atoms with Gasteiger partial charge in [0.2, 0.25) is 0 Å². The zero-order chi connectivity index (χ0) is 14.6. The average molecular weight is 265 g/mol. The van der Waals surface area contributed by atoms with Gasteiger partial charge in [0, 0.05) is 18.0 Å². The molecule has 0 saturated carbocycles. The van der Waals surface area contributed by atoms with E-state index in [9.17, 15) is 0 Å². The van der Waals surface area contributed by atoms with Crippen LogP contribution in [-0.2, 0) is 11.2 Å². The second kappa shape index (κ2) is 6.44. The molecule has 4 heteroatoms. The molecule has 0 amide bonds. The number of hydrogen-bond acceptors (Lipinski definition) is 4. The van der Waals surface area contributed by atoms with Crippen molar-refractivity contribution in [3.8, 4) is 0 Å². The van der Waals surface area contributed by atoms with Crippen molar-refractivity contribution in [2.24, 2.45) is 11.1 Å². The van der Waals surface area contributed by atoms with E-state index in [1.54, 1.807) is 0 Å². The molecule has 4 nitrogen and oxygen atoms in total. The topological polar surface area (TPSA) is 61.0 Å². The van der Waals surface area contributed by atoms with Gasteiger partial charge in [0.15, 0.2) is 5.82 Å². The van der Waals surface area contributed by atoms with Gasteiger partial charge in [-0.15, -0.1) is 0 Å². The van der Waals surface area contributed by atoms with Crippen molar-refractivity contribution in [1.82, 2.24) is 9.97 Å². The Kier molecular flexibility index (Phi) is 5.44. The van der Waals surface area contributed by atoms with Crippen LogP contribution in [0.2, 0.25) is 0 Å². The minimum atomic E-state index is -0.0816. The average Bonchev–Trinajstić information content (AvgIpc) is 2.29. The molecule has 0 spiro atoms. The molecule has 1 unspecified atom stereocenters. The molecule has 1 atom stereocenters. The van der Waals surface area contributed by atoms with E-state index in [-0.39, 0.29) is 11.5 Å². The fraction of sp³-hybridized carbons (Fsp3) is 0.733. The Balaban J connectivity index is 3.19. The lowest BCUT2D eigenvalue weighted by Crippen LogP contribution is -2.25. The van der Waals surface area contributed by atoms with Crippen LogP contribution >= 0.6 is 0 Å². The summed E-state index contributed by atoms with van der Waals surface area (Å²) in [6.07, 6.45) is 0.745. The highest BCUT2D eigenvalue weighted by atomic mass is 16.5. The van der Waals surface area contributed by atoms with Gasteiger partial charge in [-0.05, 0) is 44.7 Å². The number of rotatable bonds is 5. The smallest absolute Gasteiger partial charge is 0.158 e. The quantitative estimate of drug-likeness (QED) is 0.889. The minimum absolute atomic E-state index is 0.0235. The molecule has 0 saturated heterocycles. The largest absolute Gasteiger partial charge is 0.370 e. The lowest BCUT2D eigenvalue weighted by Gasteiger charge is -2.29. The van der Waals surface area contributed by atoms with Crippen molar-refractivity contribution in [2.45, 2.75) is 54.1 Å². The van der Waals surface area contributed by atoms with Crippen molar-refractivity contribution >= 4 is 0 Å². The van der Waals surface area contributed by atoms with Crippen molar-refractivity contribution in [3.63, 3.8) is 0 Å². The predicted molar refractivity (Wildman–Crippen MR) is 78.1 cm³/mol. The summed E-state index contributed by atoms with van der Waals surface area (Å²) in [6, 6.07) is 0. The molecule has 0 aromatic carbocycles. The van der Waals surface area contributed by atoms with Crippen LogP contribution < -0.4 is 5.73 Å². The minimum Gasteiger partial charge on any atom is -0.370 e. The van der Waals surface area contributed by atoms with Gasteiger partial charge in [0.05, 0.1) is 0 Å². The molecular weight excluding hydrogens is 238 g/mol. The van der Waals surface area contributed by atoms with Gasteiger partial charge in [-0.1, -0.05) is 20.8 Å². The molecule has 0 aliphatic carbocycles. The Morgan fingerprint density at radius 2 is 1.68 bits per heavy atom. The van der Waals surface area contributed by atoms with Crippen molar-refractivity contribution in [1.29, 1.82) is 0 Å². The third-order valence-electron chi connectivity index (χ3n) is 3.19. The number of aromatic nitrogens is 2. The maximum Gasteiger partial charge on any atom is 0.158 e. The molecular formula is C15H27N3O. The molecule has 1 aromatic rings. The van der Waals surface area contributed by atoms with Crippen molar-refractivity contribution in [2.75, 3.05) is 13.2 Å². The van der Waals surface area contributed by atoms with Crippen LogP contribution in [0.25, 0.3) is 0 Å². The number of ether oxygens (including phenoxy) is 1. The molecule has 0 radical (unpaired) electrons. The van der Waals surface area contributed by atoms with Crippen LogP contribution in [0.5, 0.6) is 0 Å². The monoisotopic (exact) mass is 265 g/mol. The van der Waals surface area contributed by atoms with E-state index in [1.165, 1.54) is 0 Å². The maximum atomic E-state index is 5.85. The van der Waals surface area contributed by atoms with Gasteiger partial charge in [0.25, 0.3) is 0 Å². The summed E-state index contributed by atoms with van der Waals surface area (Å²) in [7, 11) is 0. The van der Waals surface area contributed by atoms with Crippen molar-refractivity contribution < 1.29 is 4.74 Å². The van der Waals surface area contributed by atoms with Crippen LogP contribution in [0, 0.1) is 19.3 Å². The molecule has 108 valence electrons. The number of hydrogen-bond donors (Lipinski definition) is 1. The summed E-state index contributed by atoms with van der Waals surface area (Å²) in [5.41, 5.74) is 8.80. The molecule has 0 fully saturated rings. The van der Waals surface area contributed by atoms with E-state index in [2.05, 4.69) is 30.7 Å². The van der Waals surface area contributed by atoms with E-state index in [1.807, 2.05) is 20.8 Å². The Morgan fingerprint density at radius 1 is 1.16 bits per heavy atom. The third kappa shape index (κ3) is 3.98. The van der Waals surface area contributed by atoms with Crippen LogP contribution in [0.3, 0.4) is 0 Å². The standard InChI is InChI=1S/C15H27N3O/c1-7-19-13(15(4,5)6)14-17-10(2)12(8-9-16)11(3)18-14/h13H,7-9,16H2,1-6H3. The first kappa shape index (κ1) is 16.1. The van der Waals surface area contributed by atoms with Crippen LogP contribution in [0.4, 0.5) is 0 Å². The molecule has 1 heterocycles. The first-order valence-electron chi connectivity index (χ1n) is 6.97.